The maximum Gasteiger partial charge on any atom is 0.425 e. The van der Waals surface area contributed by atoms with E-state index in [1.165, 1.54) is 6.07 Å². The van der Waals surface area contributed by atoms with Gasteiger partial charge in [0.2, 0.25) is 10.0 Å². The second-order valence-electron chi connectivity index (χ2n) is 6.09. The Labute approximate surface area is 162 Å². The second-order valence-corrected chi connectivity index (χ2v) is 8.72. The predicted octanol–water partition coefficient (Wildman–Crippen LogP) is 1.29. The van der Waals surface area contributed by atoms with Crippen LogP contribution in [0.25, 0.3) is 10.8 Å². The molecule has 27 heavy (non-hydrogen) atoms. The van der Waals surface area contributed by atoms with Gasteiger partial charge in [-0.1, -0.05) is 30.3 Å². The zero-order valence-electron chi connectivity index (χ0n) is 14.5. The highest BCUT2D eigenvalue weighted by molar-refractivity contribution is 7.89. The second kappa shape index (κ2) is 7.75. The Hall–Kier alpha value is -2.30. The summed E-state index contributed by atoms with van der Waals surface area (Å²) in [7, 11) is -2.77. The number of hydrazine groups is 1. The van der Waals surface area contributed by atoms with Crippen molar-refractivity contribution in [2.24, 2.45) is 0 Å². The zero-order valence-corrected chi connectivity index (χ0v) is 16.2. The summed E-state index contributed by atoms with van der Waals surface area (Å²) in [6.07, 6.45) is -0.627. The summed E-state index contributed by atoms with van der Waals surface area (Å²) in [5.74, 6) is -0.652. The third-order valence-electron chi connectivity index (χ3n) is 4.34. The number of thiol groups is 1. The molecule has 1 aliphatic rings. The predicted molar refractivity (Wildman–Crippen MR) is 103 cm³/mol. The van der Waals surface area contributed by atoms with Crippen LogP contribution in [-0.2, 0) is 19.6 Å². The van der Waals surface area contributed by atoms with Gasteiger partial charge in [0.15, 0.2) is 0 Å². The molecule has 1 fully saturated rings. The van der Waals surface area contributed by atoms with Gasteiger partial charge >= 0.3 is 6.09 Å². The number of hydrogen-bond donors (Lipinski definition) is 3. The Balaban J connectivity index is 1.88. The van der Waals surface area contributed by atoms with Gasteiger partial charge in [0.25, 0.3) is 5.91 Å². The Kier molecular flexibility index (Phi) is 5.59. The first-order chi connectivity index (χ1) is 12.8. The molecule has 1 saturated heterocycles. The topological polar surface area (TPSA) is 105 Å². The number of rotatable bonds is 3. The van der Waals surface area contributed by atoms with Crippen molar-refractivity contribution in [1.29, 1.82) is 0 Å². The van der Waals surface area contributed by atoms with Gasteiger partial charge < -0.3 is 4.74 Å². The lowest BCUT2D eigenvalue weighted by Crippen LogP contribution is -2.51. The lowest BCUT2D eigenvalue weighted by atomic mass is 10.1. The fraction of sp³-hybridized carbons (Fsp3) is 0.294. The van der Waals surface area contributed by atoms with Crippen LogP contribution in [0.2, 0.25) is 0 Å². The molecule has 3 rings (SSSR count). The standard InChI is InChI=1S/C17H19N3O5S2/c1-25-17(22)19-18-16(21)15-9-13(26)10-20(15)27(23,24)14-7-6-11-4-2-3-5-12(11)8-14/h2-8,13,15,26H,9-10H2,1H3,(H,18,21)(H,19,22). The molecule has 2 amide bonds. The molecular weight excluding hydrogens is 390 g/mol. The fourth-order valence-electron chi connectivity index (χ4n) is 3.00. The van der Waals surface area contributed by atoms with Crippen molar-refractivity contribution in [2.45, 2.75) is 22.6 Å². The zero-order chi connectivity index (χ0) is 19.6. The summed E-state index contributed by atoms with van der Waals surface area (Å²) < 4.78 is 31.8. The van der Waals surface area contributed by atoms with Gasteiger partial charge in [0.05, 0.1) is 12.0 Å². The fourth-order valence-corrected chi connectivity index (χ4v) is 5.16. The molecule has 0 radical (unpaired) electrons. The van der Waals surface area contributed by atoms with Gasteiger partial charge in [-0.15, -0.1) is 0 Å². The highest BCUT2D eigenvalue weighted by Crippen LogP contribution is 2.30. The minimum atomic E-state index is -3.92. The summed E-state index contributed by atoms with van der Waals surface area (Å²) in [6.45, 7) is 0.0918. The molecular formula is C17H19N3O5S2. The summed E-state index contributed by atoms with van der Waals surface area (Å²) in [5, 5.41) is 1.41. The molecule has 0 aliphatic carbocycles. The first kappa shape index (κ1) is 19.5. The van der Waals surface area contributed by atoms with Crippen LogP contribution in [-0.4, -0.2) is 49.7 Å². The number of ether oxygens (including phenoxy) is 1. The monoisotopic (exact) mass is 409 g/mol. The maximum atomic E-state index is 13.1. The minimum Gasteiger partial charge on any atom is -0.452 e. The Morgan fingerprint density at radius 2 is 1.85 bits per heavy atom. The largest absolute Gasteiger partial charge is 0.452 e. The molecule has 0 aromatic heterocycles. The average molecular weight is 409 g/mol. The van der Waals surface area contributed by atoms with Gasteiger partial charge in [-0.05, 0) is 29.3 Å². The molecule has 0 bridgehead atoms. The molecule has 0 saturated carbocycles. The first-order valence-corrected chi connectivity index (χ1v) is 10.1. The molecule has 2 unspecified atom stereocenters. The minimum absolute atomic E-state index is 0.0918. The van der Waals surface area contributed by atoms with E-state index in [0.717, 1.165) is 22.2 Å². The van der Waals surface area contributed by atoms with Crippen LogP contribution in [0.5, 0.6) is 0 Å². The lowest BCUT2D eigenvalue weighted by molar-refractivity contribution is -0.125. The van der Waals surface area contributed by atoms with E-state index in [-0.39, 0.29) is 23.1 Å². The van der Waals surface area contributed by atoms with Gasteiger partial charge in [-0.3, -0.25) is 10.2 Å². The molecule has 10 heteroatoms. The highest BCUT2D eigenvalue weighted by atomic mass is 32.2. The van der Waals surface area contributed by atoms with Gasteiger partial charge in [0.1, 0.15) is 6.04 Å². The molecule has 1 heterocycles. The van der Waals surface area contributed by atoms with Crippen LogP contribution in [0.1, 0.15) is 6.42 Å². The number of sulfonamides is 1. The van der Waals surface area contributed by atoms with Crippen LogP contribution in [0.3, 0.4) is 0 Å². The van der Waals surface area contributed by atoms with Crippen molar-refractivity contribution in [3.8, 4) is 0 Å². The molecule has 2 aromatic carbocycles. The number of hydrogen-bond acceptors (Lipinski definition) is 6. The number of nitrogens with one attached hydrogen (secondary N) is 2. The smallest absolute Gasteiger partial charge is 0.425 e. The SMILES string of the molecule is COC(=O)NNC(=O)C1CC(S)CN1S(=O)(=O)c1ccc2ccccc2c1. The van der Waals surface area contributed by atoms with Crippen LogP contribution < -0.4 is 10.9 Å². The van der Waals surface area contributed by atoms with E-state index in [2.05, 4.69) is 28.2 Å². The quantitative estimate of drug-likeness (QED) is 0.523. The first-order valence-electron chi connectivity index (χ1n) is 8.15. The van der Waals surface area contributed by atoms with Crippen molar-refractivity contribution in [2.75, 3.05) is 13.7 Å². The van der Waals surface area contributed by atoms with Crippen LogP contribution in [0.15, 0.2) is 47.4 Å². The molecule has 144 valence electrons. The van der Waals surface area contributed by atoms with Crippen LogP contribution in [0, 0.1) is 0 Å². The van der Waals surface area contributed by atoms with Crippen molar-refractivity contribution >= 4 is 45.4 Å². The van der Waals surface area contributed by atoms with Gasteiger partial charge in [-0.25, -0.2) is 18.6 Å². The summed E-state index contributed by atoms with van der Waals surface area (Å²) in [4.78, 5) is 23.6. The Bertz CT molecular complexity index is 979. The van der Waals surface area contributed by atoms with E-state index >= 15 is 0 Å². The maximum absolute atomic E-state index is 13.1. The summed E-state index contributed by atoms with van der Waals surface area (Å²) >= 11 is 4.34. The van der Waals surface area contributed by atoms with E-state index in [9.17, 15) is 18.0 Å². The van der Waals surface area contributed by atoms with E-state index in [1.807, 2.05) is 24.3 Å². The molecule has 2 atom stereocenters. The number of nitrogens with zero attached hydrogens (tertiary/aromatic N) is 1. The Morgan fingerprint density at radius 1 is 1.15 bits per heavy atom. The molecule has 2 N–H and O–H groups in total. The normalized spacial score (nSPS) is 20.4. The Morgan fingerprint density at radius 3 is 2.56 bits per heavy atom. The van der Waals surface area contributed by atoms with Crippen molar-refractivity contribution in [3.05, 3.63) is 42.5 Å². The van der Waals surface area contributed by atoms with Crippen molar-refractivity contribution in [3.63, 3.8) is 0 Å². The number of benzene rings is 2. The average Bonchev–Trinajstić information content (AvgIpc) is 3.08. The number of carbonyl (C=O) groups is 2. The number of fused-ring (bicyclic) bond motifs is 1. The number of carbonyl (C=O) groups excluding carboxylic acids is 2. The highest BCUT2D eigenvalue weighted by Gasteiger charge is 2.43. The summed E-state index contributed by atoms with van der Waals surface area (Å²) in [5.41, 5.74) is 4.23. The molecule has 1 aliphatic heterocycles. The lowest BCUT2D eigenvalue weighted by Gasteiger charge is -2.23. The van der Waals surface area contributed by atoms with Crippen molar-refractivity contribution < 1.29 is 22.7 Å². The molecule has 0 spiro atoms. The third-order valence-corrected chi connectivity index (χ3v) is 6.58. The van der Waals surface area contributed by atoms with Crippen molar-refractivity contribution in [1.82, 2.24) is 15.2 Å². The van der Waals surface area contributed by atoms with E-state index in [1.54, 1.807) is 12.1 Å². The number of amides is 2. The van der Waals surface area contributed by atoms with E-state index in [0.29, 0.717) is 0 Å². The van der Waals surface area contributed by atoms with Crippen LogP contribution >= 0.6 is 12.6 Å². The van der Waals surface area contributed by atoms with Crippen LogP contribution in [0.4, 0.5) is 4.79 Å². The summed E-state index contributed by atoms with van der Waals surface area (Å²) in [6, 6.07) is 11.3. The van der Waals surface area contributed by atoms with E-state index in [4.69, 9.17) is 0 Å². The molecule has 8 nitrogen and oxygen atoms in total. The van der Waals surface area contributed by atoms with E-state index < -0.39 is 28.1 Å². The van der Waals surface area contributed by atoms with Gasteiger partial charge in [0, 0.05) is 11.8 Å². The molecule has 2 aromatic rings. The number of methoxy groups -OCH3 is 1. The third kappa shape index (κ3) is 4.02. The van der Waals surface area contributed by atoms with Gasteiger partial charge in [-0.2, -0.15) is 16.9 Å².